The third-order valence-electron chi connectivity index (χ3n) is 2.31. The van der Waals surface area contributed by atoms with Crippen molar-refractivity contribution in [3.63, 3.8) is 0 Å². The number of carboxylic acids is 1. The summed E-state index contributed by atoms with van der Waals surface area (Å²) in [5, 5.41) is 16.5. The minimum atomic E-state index is -0.745. The fourth-order valence-corrected chi connectivity index (χ4v) is 1.51. The van der Waals surface area contributed by atoms with Crippen LogP contribution in [-0.2, 0) is 17.6 Å². The maximum atomic E-state index is 9.37. The number of hydrogen-bond acceptors (Lipinski definition) is 3. The van der Waals surface area contributed by atoms with Gasteiger partial charge in [-0.2, -0.15) is 0 Å². The highest BCUT2D eigenvalue weighted by Gasteiger charge is 2.07. The number of benzene rings is 1. The monoisotopic (exact) mass is 253 g/mol. The summed E-state index contributed by atoms with van der Waals surface area (Å²) in [6.07, 6.45) is 4.19. The fraction of sp³-hybridized carbons (Fsp3) is 0.462. The van der Waals surface area contributed by atoms with Crippen molar-refractivity contribution in [1.82, 2.24) is 0 Å². The lowest BCUT2D eigenvalue weighted by Crippen LogP contribution is -1.86. The van der Waals surface area contributed by atoms with Crippen LogP contribution in [0.2, 0.25) is 0 Å². The summed E-state index contributed by atoms with van der Waals surface area (Å²) in [6, 6.07) is 8.74. The Morgan fingerprint density at radius 1 is 1.33 bits per heavy atom. The Kier molecular flexibility index (Phi) is 8.18. The molecule has 0 aromatic heterocycles. The summed E-state index contributed by atoms with van der Waals surface area (Å²) in [6.45, 7) is 1.60. The summed E-state index contributed by atoms with van der Waals surface area (Å²) in [5.74, 6) is -0.745. The third-order valence-corrected chi connectivity index (χ3v) is 2.31. The number of hydrogen-bond donors (Lipinski definition) is 1. The van der Waals surface area contributed by atoms with Gasteiger partial charge in [-0.3, -0.25) is 14.9 Å². The maximum Gasteiger partial charge on any atom is 0.303 e. The molecule has 18 heavy (non-hydrogen) atoms. The first-order chi connectivity index (χ1) is 8.47. The number of rotatable bonds is 1. The molecule has 0 heterocycles. The van der Waals surface area contributed by atoms with E-state index in [4.69, 9.17) is 15.2 Å². The Labute approximate surface area is 107 Å². The van der Waals surface area contributed by atoms with Gasteiger partial charge in [0.1, 0.15) is 0 Å². The van der Waals surface area contributed by atoms with Crippen LogP contribution in [-0.4, -0.2) is 23.0 Å². The first-order valence-corrected chi connectivity index (χ1v) is 5.84. The van der Waals surface area contributed by atoms with Crippen molar-refractivity contribution in [1.29, 1.82) is 0 Å². The van der Waals surface area contributed by atoms with E-state index >= 15 is 0 Å². The molecule has 0 unspecified atom stereocenters. The molecule has 1 N–H and O–H groups in total. The van der Waals surface area contributed by atoms with Crippen molar-refractivity contribution in [2.75, 3.05) is 7.05 Å². The largest absolute Gasteiger partial charge is 0.481 e. The van der Waals surface area contributed by atoms with Gasteiger partial charge in [-0.15, -0.1) is 0 Å². The van der Waals surface area contributed by atoms with E-state index in [2.05, 4.69) is 24.3 Å². The highest BCUT2D eigenvalue weighted by molar-refractivity contribution is 5.66. The average molecular weight is 253 g/mol. The molecule has 0 atom stereocenters. The van der Waals surface area contributed by atoms with Crippen LogP contribution < -0.4 is 0 Å². The number of nitro groups is 1. The summed E-state index contributed by atoms with van der Waals surface area (Å²) in [4.78, 5) is 17.7. The lowest BCUT2D eigenvalue weighted by Gasteiger charge is -1.93. The number of fused-ring (bicyclic) bond motifs is 1. The summed E-state index contributed by atoms with van der Waals surface area (Å²) >= 11 is 0. The molecule has 5 nitrogen and oxygen atoms in total. The molecular weight excluding hydrogens is 234 g/mol. The van der Waals surface area contributed by atoms with E-state index in [-0.39, 0.29) is 6.42 Å². The van der Waals surface area contributed by atoms with Crippen molar-refractivity contribution in [3.05, 3.63) is 45.5 Å². The molecule has 1 aliphatic rings. The maximum absolute atomic E-state index is 9.37. The topological polar surface area (TPSA) is 80.4 Å². The molecule has 1 aromatic carbocycles. The van der Waals surface area contributed by atoms with Gasteiger partial charge < -0.3 is 5.11 Å². The first kappa shape index (κ1) is 16.1. The van der Waals surface area contributed by atoms with Crippen LogP contribution >= 0.6 is 0 Å². The van der Waals surface area contributed by atoms with E-state index < -0.39 is 10.9 Å². The van der Waals surface area contributed by atoms with Gasteiger partial charge in [-0.1, -0.05) is 31.2 Å². The second kappa shape index (κ2) is 9.15. The van der Waals surface area contributed by atoms with Gasteiger partial charge in [0, 0.05) is 11.3 Å². The quantitative estimate of drug-likeness (QED) is 0.616. The van der Waals surface area contributed by atoms with Crippen LogP contribution in [0.5, 0.6) is 0 Å². The minimum absolute atomic E-state index is 0.222. The van der Waals surface area contributed by atoms with Gasteiger partial charge in [-0.25, -0.2) is 0 Å². The van der Waals surface area contributed by atoms with E-state index in [9.17, 15) is 4.79 Å². The van der Waals surface area contributed by atoms with E-state index in [1.807, 2.05) is 0 Å². The average Bonchev–Trinajstić information content (AvgIpc) is 2.77. The van der Waals surface area contributed by atoms with Crippen molar-refractivity contribution >= 4 is 5.97 Å². The number of carbonyl (C=O) groups is 1. The van der Waals surface area contributed by atoms with E-state index in [0.717, 1.165) is 7.05 Å². The molecule has 0 amide bonds. The minimum Gasteiger partial charge on any atom is -0.481 e. The number of aryl methyl sites for hydroxylation is 2. The van der Waals surface area contributed by atoms with Crippen LogP contribution in [0.15, 0.2) is 24.3 Å². The summed E-state index contributed by atoms with van der Waals surface area (Å²) < 4.78 is 0. The number of carboxylic acid groups (broad SMARTS) is 1. The highest BCUT2D eigenvalue weighted by atomic mass is 16.6. The number of nitrogens with zero attached hydrogens (tertiary/aromatic N) is 1. The smallest absolute Gasteiger partial charge is 0.303 e. The predicted octanol–water partition coefficient (Wildman–Crippen LogP) is 2.55. The number of aliphatic carboxylic acids is 1. The lowest BCUT2D eigenvalue weighted by molar-refractivity contribution is -0.445. The SMILES string of the molecule is CCC(=O)O.C[N+](=O)[O-].c1ccc2c(c1)CCC2. The zero-order valence-corrected chi connectivity index (χ0v) is 10.8. The normalized spacial score (nSPS) is 11.2. The Morgan fingerprint density at radius 2 is 1.67 bits per heavy atom. The molecule has 0 bridgehead atoms. The van der Waals surface area contributed by atoms with E-state index in [1.54, 1.807) is 18.1 Å². The van der Waals surface area contributed by atoms with Crippen LogP contribution in [0.3, 0.4) is 0 Å². The van der Waals surface area contributed by atoms with E-state index in [1.165, 1.54) is 19.3 Å². The molecule has 1 aliphatic carbocycles. The van der Waals surface area contributed by atoms with Gasteiger partial charge in [0.25, 0.3) is 0 Å². The molecule has 0 radical (unpaired) electrons. The molecular formula is C13H19NO4. The van der Waals surface area contributed by atoms with Crippen molar-refractivity contribution < 1.29 is 14.8 Å². The molecule has 0 saturated heterocycles. The zero-order valence-electron chi connectivity index (χ0n) is 10.8. The van der Waals surface area contributed by atoms with Crippen LogP contribution in [0.4, 0.5) is 0 Å². The van der Waals surface area contributed by atoms with Crippen molar-refractivity contribution in [2.45, 2.75) is 32.6 Å². The lowest BCUT2D eigenvalue weighted by atomic mass is 10.1. The Morgan fingerprint density at radius 3 is 1.94 bits per heavy atom. The molecule has 5 heteroatoms. The third kappa shape index (κ3) is 8.27. The van der Waals surface area contributed by atoms with Crippen molar-refractivity contribution in [3.8, 4) is 0 Å². The van der Waals surface area contributed by atoms with Gasteiger partial charge in [0.2, 0.25) is 0 Å². The molecule has 100 valence electrons. The fourth-order valence-electron chi connectivity index (χ4n) is 1.51. The van der Waals surface area contributed by atoms with Gasteiger partial charge in [0.15, 0.2) is 7.05 Å². The van der Waals surface area contributed by atoms with Gasteiger partial charge in [0.05, 0.1) is 0 Å². The molecule has 2 rings (SSSR count). The summed E-state index contributed by atoms with van der Waals surface area (Å²) in [7, 11) is 0.889. The molecule has 0 saturated carbocycles. The second-order valence-electron chi connectivity index (χ2n) is 3.81. The first-order valence-electron chi connectivity index (χ1n) is 5.84. The predicted molar refractivity (Wildman–Crippen MR) is 69.3 cm³/mol. The molecule has 0 aliphatic heterocycles. The van der Waals surface area contributed by atoms with Gasteiger partial charge >= 0.3 is 5.97 Å². The van der Waals surface area contributed by atoms with Crippen LogP contribution in [0.1, 0.15) is 30.9 Å². The Hall–Kier alpha value is -1.91. The standard InChI is InChI=1S/C9H10.C3H6O2.CH3NO2/c1-2-5-9-7-3-6-8(9)4-1;1-2-3(4)5;1-2(3)4/h1-2,4-5H,3,6-7H2;2H2,1H3,(H,4,5);1H3. The van der Waals surface area contributed by atoms with Crippen molar-refractivity contribution in [2.24, 2.45) is 0 Å². The zero-order chi connectivity index (χ0) is 14.0. The van der Waals surface area contributed by atoms with Gasteiger partial charge in [-0.05, 0) is 30.4 Å². The molecule has 1 aromatic rings. The highest BCUT2D eigenvalue weighted by Crippen LogP contribution is 2.20. The summed E-state index contributed by atoms with van der Waals surface area (Å²) in [5.41, 5.74) is 3.13. The Balaban J connectivity index is 0.000000278. The van der Waals surface area contributed by atoms with Crippen LogP contribution in [0.25, 0.3) is 0 Å². The molecule has 0 spiro atoms. The Bertz CT molecular complexity index is 363. The van der Waals surface area contributed by atoms with Crippen LogP contribution in [0, 0.1) is 10.1 Å². The second-order valence-corrected chi connectivity index (χ2v) is 3.81. The van der Waals surface area contributed by atoms with E-state index in [0.29, 0.717) is 0 Å². The molecule has 0 fully saturated rings.